The van der Waals surface area contributed by atoms with Crippen LogP contribution in [-0.4, -0.2) is 253 Å². The van der Waals surface area contributed by atoms with Crippen molar-refractivity contribution in [3.8, 4) is 0 Å². The van der Waals surface area contributed by atoms with Gasteiger partial charge in [0.05, 0.1) is 13.2 Å². The van der Waals surface area contributed by atoms with Gasteiger partial charge in [0.2, 0.25) is 70.9 Å². The van der Waals surface area contributed by atoms with Gasteiger partial charge in [-0.1, -0.05) is 125 Å². The van der Waals surface area contributed by atoms with Crippen LogP contribution in [0.1, 0.15) is 152 Å². The first-order valence-corrected chi connectivity index (χ1v) is 48.6. The Labute approximate surface area is 811 Å². The molecule has 0 aliphatic carbocycles. The number of nitrogens with two attached hydrogens (primary N) is 4. The standard InChI is InChI=1S/C101H133N25O14/c1-6-58(4)86(103)95(135)123-80(46-57(2)3)96(136)124-43-21-37-83(124)92(132)118-77(47-59-52-110-69-29-12-7-24-64(59)69)89(129)115-74(34-17-18-40-102)88(128)121-81(50-62-55-113-72-32-15-10-27-67(62)72)97(137)125-44-22-39-85(125)94(134)120-79(49-61-54-112-71-31-14-9-26-66(61)71)91(131)122-82(51-63-56-114-73-33-16-11-28-68(63)73)98(138)126-45-23-38-84(126)93(133)119-78(48-60-53-111-70-30-13-8-25-65(60)70)90(130)116-75(35-19-41-108-100(104)105)87(127)117-76(99(139)140-5)36-20-42-109-101(106)107/h7-16,24-33,52-58,74-86,110-114H,6,17-23,34-51,102-103H2,1-5H3,(H,115,129)(H,116,130)(H,117,127)(H,118,132)(H,119,133)(H,120,134)(H,121,128)(H,122,131)(H,123,135)(H4,104,105,108)(H4,106,107,109)/t58?,74-,75-,76-,77-,78-,79-,80-,81-,82-,83-,84-,85-,86-/m0/s1. The van der Waals surface area contributed by atoms with Crippen LogP contribution in [0.25, 0.3) is 54.5 Å². The molecule has 3 aliphatic heterocycles. The maximum absolute atomic E-state index is 16.1. The van der Waals surface area contributed by atoms with E-state index in [-0.39, 0.29) is 153 Å². The number of hydrogen-bond acceptors (Lipinski definition) is 18. The molecule has 26 N–H and O–H groups in total. The summed E-state index contributed by atoms with van der Waals surface area (Å²) in [5, 5.41) is 50.8. The van der Waals surface area contributed by atoms with E-state index in [4.69, 9.17) is 38.5 Å². The van der Waals surface area contributed by atoms with E-state index >= 15 is 43.2 Å². The number of aromatic amines is 5. The van der Waals surface area contributed by atoms with Crippen LogP contribution in [0.4, 0.5) is 0 Å². The van der Waals surface area contributed by atoms with Crippen LogP contribution in [0.15, 0.2) is 152 Å². The molecule has 3 saturated heterocycles. The maximum Gasteiger partial charge on any atom is 0.328 e. The minimum atomic E-state index is -1.49. The number of esters is 1. The van der Waals surface area contributed by atoms with Crippen molar-refractivity contribution in [1.82, 2.24) is 98.1 Å². The number of benzene rings is 5. The Hall–Kier alpha value is -14.6. The fraction of sp³-hybridized carbons (Fsp3) is 0.455. The first-order valence-electron chi connectivity index (χ1n) is 48.6. The highest BCUT2D eigenvalue weighted by Crippen LogP contribution is 2.31. The second kappa shape index (κ2) is 48.6. The van der Waals surface area contributed by atoms with E-state index in [0.717, 1.165) is 56.1 Å². The molecule has 3 aliphatic rings. The normalized spacial score (nSPS) is 17.2. The molecular weight excluding hydrogens is 1790 g/mol. The van der Waals surface area contributed by atoms with Crippen molar-refractivity contribution in [2.45, 2.75) is 235 Å². The van der Waals surface area contributed by atoms with Crippen molar-refractivity contribution in [2.24, 2.45) is 34.8 Å². The van der Waals surface area contributed by atoms with Crippen molar-refractivity contribution in [2.75, 3.05) is 46.4 Å². The molecule has 3 fully saturated rings. The lowest BCUT2D eigenvalue weighted by Crippen LogP contribution is -2.61. The van der Waals surface area contributed by atoms with Gasteiger partial charge >= 0.3 is 5.97 Å². The summed E-state index contributed by atoms with van der Waals surface area (Å²) in [6.45, 7) is 8.38. The van der Waals surface area contributed by atoms with E-state index in [1.54, 1.807) is 31.0 Å². The summed E-state index contributed by atoms with van der Waals surface area (Å²) in [7, 11) is 1.16. The van der Waals surface area contributed by atoms with E-state index in [0.29, 0.717) is 71.9 Å². The Morgan fingerprint density at radius 1 is 0.386 bits per heavy atom. The number of hydrogen-bond donors (Lipinski definition) is 22. The number of unbranched alkanes of at least 4 members (excludes halogenated alkanes) is 1. The van der Waals surface area contributed by atoms with Crippen LogP contribution in [0.5, 0.6) is 0 Å². The average Bonchev–Trinajstić information content (AvgIpc) is 1.63. The molecule has 0 saturated carbocycles. The number of fused-ring (bicyclic) bond motifs is 5. The fourth-order valence-electron chi connectivity index (χ4n) is 19.3. The molecule has 39 heteroatoms. The third-order valence-electron chi connectivity index (χ3n) is 27.0. The lowest BCUT2D eigenvalue weighted by Gasteiger charge is -2.32. The highest BCUT2D eigenvalue weighted by Gasteiger charge is 2.46. The van der Waals surface area contributed by atoms with Crippen LogP contribution >= 0.6 is 0 Å². The molecule has 140 heavy (non-hydrogen) atoms. The quantitative estimate of drug-likeness (QED) is 0.0110. The van der Waals surface area contributed by atoms with E-state index < -0.39 is 155 Å². The van der Waals surface area contributed by atoms with Gasteiger partial charge < -0.3 is 126 Å². The molecule has 13 rings (SSSR count). The van der Waals surface area contributed by atoms with E-state index in [1.807, 2.05) is 149 Å². The number of nitrogens with one attached hydrogen (secondary N) is 18. The van der Waals surface area contributed by atoms with Gasteiger partial charge in [-0.05, 0) is 166 Å². The summed E-state index contributed by atoms with van der Waals surface area (Å²) in [6, 6.07) is 20.4. The number of nitrogens with zero attached hydrogens (tertiary/aromatic N) is 3. The molecule has 5 aromatic heterocycles. The summed E-state index contributed by atoms with van der Waals surface area (Å²) >= 11 is 0. The zero-order valence-corrected chi connectivity index (χ0v) is 79.8. The second-order valence-corrected chi connectivity index (χ2v) is 37.3. The number of amides is 12. The number of aromatic nitrogens is 5. The zero-order chi connectivity index (χ0) is 99.8. The van der Waals surface area contributed by atoms with Gasteiger partial charge in [-0.15, -0.1) is 0 Å². The van der Waals surface area contributed by atoms with Crippen molar-refractivity contribution < 1.29 is 67.1 Å². The minimum Gasteiger partial charge on any atom is -0.467 e. The number of guanidine groups is 2. The van der Waals surface area contributed by atoms with E-state index in [9.17, 15) is 19.2 Å². The Morgan fingerprint density at radius 2 is 0.671 bits per heavy atom. The number of methoxy groups -OCH3 is 1. The van der Waals surface area contributed by atoms with Crippen LogP contribution in [0, 0.1) is 22.7 Å². The predicted octanol–water partition coefficient (Wildman–Crippen LogP) is 4.19. The molecule has 0 spiro atoms. The minimum absolute atomic E-state index is 0.0147. The smallest absolute Gasteiger partial charge is 0.328 e. The molecule has 14 atom stereocenters. The molecule has 8 heterocycles. The van der Waals surface area contributed by atoms with E-state index in [2.05, 4.69) is 83.4 Å². The van der Waals surface area contributed by atoms with Crippen molar-refractivity contribution in [3.63, 3.8) is 0 Å². The number of likely N-dealkylation sites (tertiary alicyclic amines) is 3. The molecule has 0 radical (unpaired) electrons. The third-order valence-corrected chi connectivity index (χ3v) is 27.0. The van der Waals surface area contributed by atoms with Crippen LogP contribution in [-0.2, 0) is 99.2 Å². The number of rotatable bonds is 48. The lowest BCUT2D eigenvalue weighted by atomic mass is 9.97. The highest BCUT2D eigenvalue weighted by atomic mass is 16.5. The topological polar surface area (TPSA) is 604 Å². The summed E-state index contributed by atoms with van der Waals surface area (Å²) in [4.78, 5) is 218. The summed E-state index contributed by atoms with van der Waals surface area (Å²) < 4.78 is 5.05. The summed E-state index contributed by atoms with van der Waals surface area (Å²) in [5.74, 6) is -9.97. The van der Waals surface area contributed by atoms with Gasteiger partial charge in [0.15, 0.2) is 11.9 Å². The monoisotopic (exact) mass is 1920 g/mol. The van der Waals surface area contributed by atoms with Crippen LogP contribution < -0.4 is 81.4 Å². The Morgan fingerprint density at radius 3 is 0.986 bits per heavy atom. The average molecular weight is 1920 g/mol. The fourth-order valence-corrected chi connectivity index (χ4v) is 19.3. The van der Waals surface area contributed by atoms with Gasteiger partial charge in [-0.25, -0.2) is 4.79 Å². The Kier molecular flexibility index (Phi) is 35.7. The van der Waals surface area contributed by atoms with Crippen molar-refractivity contribution >= 4 is 143 Å². The van der Waals surface area contributed by atoms with Crippen LogP contribution in [0.3, 0.4) is 0 Å². The zero-order valence-electron chi connectivity index (χ0n) is 79.8. The van der Waals surface area contributed by atoms with E-state index in [1.165, 1.54) is 14.7 Å². The lowest BCUT2D eigenvalue weighted by molar-refractivity contribution is -0.145. The number of H-pyrrole nitrogens is 5. The molecule has 12 amide bonds. The number of carbonyl (C=O) groups excluding carboxylic acids is 13. The first-order chi connectivity index (χ1) is 67.5. The summed E-state index contributed by atoms with van der Waals surface area (Å²) in [5.41, 5.74) is 30.4. The molecule has 39 nitrogen and oxygen atoms in total. The molecule has 10 aromatic rings. The first kappa shape index (κ1) is 103. The molecule has 5 aromatic carbocycles. The number of carbonyl (C=O) groups is 13. The SMILES string of the molecule is CCC(C)[C@H](N)C(=O)N[C@@H](CC(C)C)C(=O)N1CCC[C@H]1C(=O)N[C@@H](Cc1c[nH]c2ccccc12)C(=O)N[C@@H](CCCCN)C(=O)N[C@@H](Cc1c[nH]c2ccccc12)C(=O)N1CCC[C@H]1C(=O)N[C@@H](Cc1c[nH]c2ccccc12)C(=O)N[C@@H](Cc1c[nH]c2ccccc12)C(=O)N1CCC[C@H]1C(=O)N[C@@H](Cc1c[nH]c2ccccc12)C(=O)N[C@@H](CCCNC(=N)N)C(=O)N[C@@H](CCCNC(=N)N)C(=O)OC. The van der Waals surface area contributed by atoms with Gasteiger partial charge in [-0.2, -0.15) is 0 Å². The number of ether oxygens (including phenoxy) is 1. The second-order valence-electron chi connectivity index (χ2n) is 37.3. The molecular formula is C101H133N25O14. The Bertz CT molecular complexity index is 6090. The van der Waals surface area contributed by atoms with Crippen molar-refractivity contribution in [3.05, 3.63) is 180 Å². The Balaban J connectivity index is 0.773. The molecule has 1 unspecified atom stereocenters. The van der Waals surface area contributed by atoms with Gasteiger partial charge in [0.1, 0.15) is 72.5 Å². The van der Waals surface area contributed by atoms with Crippen LogP contribution in [0.2, 0.25) is 0 Å². The van der Waals surface area contributed by atoms with Crippen molar-refractivity contribution in [1.29, 1.82) is 10.8 Å². The largest absolute Gasteiger partial charge is 0.467 e. The highest BCUT2D eigenvalue weighted by molar-refractivity contribution is 6.02. The molecule has 0 bridgehead atoms. The van der Waals surface area contributed by atoms with Gasteiger partial charge in [-0.3, -0.25) is 68.4 Å². The predicted molar refractivity (Wildman–Crippen MR) is 532 cm³/mol. The third kappa shape index (κ3) is 26.0. The summed E-state index contributed by atoms with van der Waals surface area (Å²) in [6.07, 6.45) is 11.5. The maximum atomic E-state index is 16.1. The molecule has 746 valence electrons. The van der Waals surface area contributed by atoms with Gasteiger partial charge in [0, 0.05) is 150 Å². The number of para-hydroxylation sites is 5. The van der Waals surface area contributed by atoms with Gasteiger partial charge in [0.25, 0.3) is 0 Å².